The molecule has 2 nitrogen and oxygen atoms in total. The Hall–Kier alpha value is -1.63. The van der Waals surface area contributed by atoms with Crippen LogP contribution in [0.5, 0.6) is 0 Å². The monoisotopic (exact) mass is 336 g/mol. The average molecular weight is 337 g/mol. The fraction of sp³-hybridized carbons (Fsp3) is 0.476. The predicted molar refractivity (Wildman–Crippen MR) is 98.8 cm³/mol. The van der Waals surface area contributed by atoms with Crippen molar-refractivity contribution in [2.75, 3.05) is 0 Å². The zero-order chi connectivity index (χ0) is 16.6. The van der Waals surface area contributed by atoms with E-state index in [1.165, 1.54) is 24.8 Å². The molecular formula is C21H24N2S. The lowest BCUT2D eigenvalue weighted by atomic mass is 9.86. The van der Waals surface area contributed by atoms with Gasteiger partial charge < -0.3 is 0 Å². The molecule has 4 rings (SSSR count). The Kier molecular flexibility index (Phi) is 4.20. The van der Waals surface area contributed by atoms with Gasteiger partial charge in [-0.1, -0.05) is 43.2 Å². The molecule has 2 fully saturated rings. The van der Waals surface area contributed by atoms with Crippen molar-refractivity contribution < 1.29 is 0 Å². The van der Waals surface area contributed by atoms with E-state index in [1.807, 2.05) is 0 Å². The van der Waals surface area contributed by atoms with Crippen LogP contribution in [0.25, 0.3) is 0 Å². The summed E-state index contributed by atoms with van der Waals surface area (Å²) in [7, 11) is 0. The van der Waals surface area contributed by atoms with Gasteiger partial charge in [-0.05, 0) is 65.5 Å². The molecule has 1 heterocycles. The summed E-state index contributed by atoms with van der Waals surface area (Å²) in [5.74, 6) is 2.00. The van der Waals surface area contributed by atoms with Gasteiger partial charge in [-0.15, -0.1) is 0 Å². The van der Waals surface area contributed by atoms with E-state index in [1.54, 1.807) is 11.3 Å². The molecule has 0 spiro atoms. The molecule has 1 N–H and O–H groups in total. The third-order valence-electron chi connectivity index (χ3n) is 5.68. The number of benzene rings is 1. The second kappa shape index (κ2) is 6.35. The fourth-order valence-corrected chi connectivity index (χ4v) is 4.74. The summed E-state index contributed by atoms with van der Waals surface area (Å²) in [4.78, 5) is 0. The Balaban J connectivity index is 1.50. The van der Waals surface area contributed by atoms with Crippen LogP contribution in [0.15, 0.2) is 47.2 Å². The summed E-state index contributed by atoms with van der Waals surface area (Å²) in [5, 5.41) is 18.0. The topological polar surface area (TPSA) is 35.8 Å². The SMILES string of the molecule is CC(NC(C#N)(CC1CC1)c1ccsc1)C1CC1c1ccccc1. The molecule has 2 aliphatic carbocycles. The van der Waals surface area contributed by atoms with E-state index in [-0.39, 0.29) is 0 Å². The van der Waals surface area contributed by atoms with Gasteiger partial charge in [0.15, 0.2) is 0 Å². The van der Waals surface area contributed by atoms with Crippen molar-refractivity contribution in [3.8, 4) is 6.07 Å². The Morgan fingerprint density at radius 2 is 2.08 bits per heavy atom. The van der Waals surface area contributed by atoms with E-state index in [0.717, 1.165) is 12.0 Å². The van der Waals surface area contributed by atoms with E-state index in [9.17, 15) is 5.26 Å². The highest BCUT2D eigenvalue weighted by Gasteiger charge is 2.46. The molecule has 0 aliphatic heterocycles. The molecule has 0 bridgehead atoms. The molecule has 4 atom stereocenters. The smallest absolute Gasteiger partial charge is 0.133 e. The van der Waals surface area contributed by atoms with Crippen molar-refractivity contribution in [3.63, 3.8) is 0 Å². The maximum atomic E-state index is 10.1. The van der Waals surface area contributed by atoms with Crippen molar-refractivity contribution in [2.45, 2.75) is 50.1 Å². The first-order chi connectivity index (χ1) is 11.7. The van der Waals surface area contributed by atoms with Gasteiger partial charge in [-0.2, -0.15) is 16.6 Å². The van der Waals surface area contributed by atoms with Crippen LogP contribution in [-0.4, -0.2) is 6.04 Å². The lowest BCUT2D eigenvalue weighted by Crippen LogP contribution is -2.47. The number of hydrogen-bond donors (Lipinski definition) is 1. The molecule has 24 heavy (non-hydrogen) atoms. The van der Waals surface area contributed by atoms with E-state index in [4.69, 9.17) is 0 Å². The minimum atomic E-state index is -0.510. The Morgan fingerprint density at radius 3 is 2.71 bits per heavy atom. The first-order valence-corrected chi connectivity index (χ1v) is 9.93. The molecule has 2 aromatic rings. The number of hydrogen-bond acceptors (Lipinski definition) is 3. The van der Waals surface area contributed by atoms with Gasteiger partial charge in [0.1, 0.15) is 5.54 Å². The lowest BCUT2D eigenvalue weighted by molar-refractivity contribution is 0.317. The zero-order valence-corrected chi connectivity index (χ0v) is 14.9. The normalized spacial score (nSPS) is 26.3. The molecule has 0 saturated heterocycles. The Labute approximate surface area is 148 Å². The third-order valence-corrected chi connectivity index (χ3v) is 6.36. The zero-order valence-electron chi connectivity index (χ0n) is 14.1. The van der Waals surface area contributed by atoms with E-state index < -0.39 is 5.54 Å². The van der Waals surface area contributed by atoms with Gasteiger partial charge in [0.2, 0.25) is 0 Å². The summed E-state index contributed by atoms with van der Waals surface area (Å²) in [5.41, 5.74) is 2.09. The van der Waals surface area contributed by atoms with Crippen molar-refractivity contribution in [3.05, 3.63) is 58.3 Å². The predicted octanol–water partition coefficient (Wildman–Crippen LogP) is 5.05. The highest BCUT2D eigenvalue weighted by molar-refractivity contribution is 7.08. The van der Waals surface area contributed by atoms with Crippen LogP contribution < -0.4 is 5.32 Å². The molecule has 0 amide bonds. The lowest BCUT2D eigenvalue weighted by Gasteiger charge is -2.31. The molecule has 2 aliphatic rings. The molecule has 1 aromatic carbocycles. The molecule has 3 heteroatoms. The van der Waals surface area contributed by atoms with Gasteiger partial charge >= 0.3 is 0 Å². The van der Waals surface area contributed by atoms with Crippen molar-refractivity contribution in [2.24, 2.45) is 11.8 Å². The maximum absolute atomic E-state index is 10.1. The van der Waals surface area contributed by atoms with E-state index >= 15 is 0 Å². The average Bonchev–Trinajstić information content (AvgIpc) is 3.53. The fourth-order valence-electron chi connectivity index (χ4n) is 4.01. The van der Waals surface area contributed by atoms with E-state index in [2.05, 4.69) is 65.5 Å². The van der Waals surface area contributed by atoms with Crippen LogP contribution in [0.3, 0.4) is 0 Å². The Bertz CT molecular complexity index is 714. The van der Waals surface area contributed by atoms with Crippen molar-refractivity contribution in [1.82, 2.24) is 5.32 Å². The van der Waals surface area contributed by atoms with Gasteiger partial charge in [0, 0.05) is 6.04 Å². The quantitative estimate of drug-likeness (QED) is 0.768. The number of nitrogens with zero attached hydrogens (tertiary/aromatic N) is 1. The number of rotatable bonds is 7. The summed E-state index contributed by atoms with van der Waals surface area (Å²) < 4.78 is 0. The van der Waals surface area contributed by atoms with E-state index in [0.29, 0.717) is 23.8 Å². The molecule has 0 radical (unpaired) electrons. The molecule has 2 saturated carbocycles. The second-order valence-corrected chi connectivity index (χ2v) is 8.31. The first kappa shape index (κ1) is 15.9. The summed E-state index contributed by atoms with van der Waals surface area (Å²) in [6.07, 6.45) is 4.74. The highest BCUT2D eigenvalue weighted by atomic mass is 32.1. The van der Waals surface area contributed by atoms with Gasteiger partial charge in [-0.25, -0.2) is 0 Å². The van der Waals surface area contributed by atoms with Gasteiger partial charge in [-0.3, -0.25) is 5.32 Å². The number of nitriles is 1. The third kappa shape index (κ3) is 3.14. The van der Waals surface area contributed by atoms with Gasteiger partial charge in [0.05, 0.1) is 6.07 Å². The molecule has 4 unspecified atom stereocenters. The van der Waals surface area contributed by atoms with Crippen molar-refractivity contribution >= 4 is 11.3 Å². The largest absolute Gasteiger partial charge is 0.293 e. The summed E-state index contributed by atoms with van der Waals surface area (Å²) >= 11 is 1.69. The minimum Gasteiger partial charge on any atom is -0.293 e. The highest BCUT2D eigenvalue weighted by Crippen LogP contribution is 2.50. The first-order valence-electron chi connectivity index (χ1n) is 8.98. The van der Waals surface area contributed by atoms with Gasteiger partial charge in [0.25, 0.3) is 0 Å². The minimum absolute atomic E-state index is 0.355. The molecular weight excluding hydrogens is 312 g/mol. The van der Waals surface area contributed by atoms with Crippen LogP contribution >= 0.6 is 11.3 Å². The number of nitrogens with one attached hydrogen (secondary N) is 1. The summed E-state index contributed by atoms with van der Waals surface area (Å²) in [6.45, 7) is 2.26. The van der Waals surface area contributed by atoms with Crippen LogP contribution in [0.2, 0.25) is 0 Å². The number of thiophene rings is 1. The van der Waals surface area contributed by atoms with Crippen LogP contribution in [0.4, 0.5) is 0 Å². The maximum Gasteiger partial charge on any atom is 0.133 e. The van der Waals surface area contributed by atoms with Crippen LogP contribution in [0.1, 0.15) is 49.7 Å². The molecule has 124 valence electrons. The van der Waals surface area contributed by atoms with Crippen molar-refractivity contribution in [1.29, 1.82) is 5.26 Å². The Morgan fingerprint density at radius 1 is 1.29 bits per heavy atom. The standard InChI is InChI=1S/C21H24N2S/c1-15(19-11-20(19)17-5-3-2-4-6-17)23-21(14-22,12-16-7-8-16)18-9-10-24-13-18/h2-6,9-10,13,15-16,19-20,23H,7-8,11-12H2,1H3. The second-order valence-electron chi connectivity index (χ2n) is 7.53. The van der Waals surface area contributed by atoms with Crippen LogP contribution in [0, 0.1) is 23.2 Å². The van der Waals surface area contributed by atoms with Crippen LogP contribution in [-0.2, 0) is 5.54 Å². The summed E-state index contributed by atoms with van der Waals surface area (Å²) in [6, 6.07) is 15.9. The molecule has 1 aromatic heterocycles.